The van der Waals surface area contributed by atoms with E-state index in [4.69, 9.17) is 28.9 Å². The number of aromatic nitrogens is 4. The Bertz CT molecular complexity index is 1160. The summed E-state index contributed by atoms with van der Waals surface area (Å²) in [5.74, 6) is 0.736. The molecular weight excluding hydrogens is 340 g/mol. The van der Waals surface area contributed by atoms with Crippen LogP contribution in [0.25, 0.3) is 23.0 Å². The molecule has 4 aromatic rings. The second-order valence-electron chi connectivity index (χ2n) is 5.27. The number of aryl methyl sites for hydroxylation is 1. The zero-order valence-corrected chi connectivity index (χ0v) is 14.3. The van der Waals surface area contributed by atoms with Gasteiger partial charge in [0.1, 0.15) is 0 Å². The van der Waals surface area contributed by atoms with Gasteiger partial charge >= 0.3 is 5.84 Å². The zero-order valence-electron chi connectivity index (χ0n) is 12.7. The van der Waals surface area contributed by atoms with E-state index in [0.717, 1.165) is 16.8 Å². The highest BCUT2D eigenvalue weighted by Gasteiger charge is 2.13. The van der Waals surface area contributed by atoms with Crippen LogP contribution in [0.15, 0.2) is 59.0 Å². The maximum absolute atomic E-state index is 5.73. The van der Waals surface area contributed by atoms with Crippen molar-refractivity contribution in [2.45, 2.75) is 6.92 Å². The lowest BCUT2D eigenvalue weighted by Gasteiger charge is -2.09. The summed E-state index contributed by atoms with van der Waals surface area (Å²) < 4.78 is 9.72. The summed E-state index contributed by atoms with van der Waals surface area (Å²) in [6.45, 7) is 2.00. The summed E-state index contributed by atoms with van der Waals surface area (Å²) in [5, 5.41) is 4.46. The highest BCUT2D eigenvalue weighted by Crippen LogP contribution is 2.20. The van der Waals surface area contributed by atoms with Gasteiger partial charge in [-0.25, -0.2) is 0 Å². The van der Waals surface area contributed by atoms with Gasteiger partial charge in [0, 0.05) is 5.56 Å². The maximum atomic E-state index is 5.73. The quantitative estimate of drug-likeness (QED) is 0.495. The molecule has 0 atom stereocenters. The van der Waals surface area contributed by atoms with E-state index < -0.39 is 0 Å². The lowest BCUT2D eigenvalue weighted by atomic mass is 10.2. The summed E-state index contributed by atoms with van der Waals surface area (Å²) in [5.41, 5.74) is 2.79. The molecule has 0 radical (unpaired) electrons. The molecule has 2 aromatic carbocycles. The van der Waals surface area contributed by atoms with Crippen molar-refractivity contribution in [2.24, 2.45) is 0 Å². The van der Waals surface area contributed by atoms with Crippen molar-refractivity contribution in [3.05, 3.63) is 69.7 Å². The van der Waals surface area contributed by atoms with Crippen LogP contribution < -0.4 is 0 Å². The van der Waals surface area contributed by atoms with Crippen molar-refractivity contribution >= 4 is 30.3 Å². The second-order valence-corrected chi connectivity index (χ2v) is 6.00. The largest absolute Gasteiger partial charge is 0.403 e. The van der Waals surface area contributed by atoms with Gasteiger partial charge in [-0.2, -0.15) is 9.50 Å². The van der Waals surface area contributed by atoms with Crippen LogP contribution in [0.5, 0.6) is 0 Å². The van der Waals surface area contributed by atoms with Crippen LogP contribution in [0.4, 0.5) is 0 Å². The summed E-state index contributed by atoms with van der Waals surface area (Å²) >= 11 is 11.0. The Morgan fingerprint density at radius 3 is 2.42 bits per heavy atom. The molecule has 2 aromatic heterocycles. The molecule has 0 saturated heterocycles. The first-order chi connectivity index (χ1) is 11.6. The fraction of sp³-hybridized carbons (Fsp3) is 0.0588. The normalized spacial score (nSPS) is 11.0. The van der Waals surface area contributed by atoms with E-state index in [1.165, 1.54) is 4.52 Å². The van der Waals surface area contributed by atoms with Crippen LogP contribution in [0, 0.1) is 16.5 Å². The Balaban J connectivity index is 2.01. The van der Waals surface area contributed by atoms with E-state index in [1.54, 1.807) is 4.57 Å². The summed E-state index contributed by atoms with van der Waals surface area (Å²) in [6, 6.07) is 17.5. The van der Waals surface area contributed by atoms with Crippen molar-refractivity contribution in [3.8, 4) is 17.1 Å². The molecule has 0 unspecified atom stereocenters. The summed E-state index contributed by atoms with van der Waals surface area (Å²) in [7, 11) is 0. The predicted molar refractivity (Wildman–Crippen MR) is 96.4 cm³/mol. The third kappa shape index (κ3) is 2.38. The van der Waals surface area contributed by atoms with Crippen molar-refractivity contribution in [2.75, 3.05) is 0 Å². The molecular formula is C17H12N4OS2. The molecule has 0 saturated carbocycles. The number of nitrogens with zero attached hydrogens (tertiary/aromatic N) is 4. The smallest absolute Gasteiger partial charge is 0.330 e. The Hall–Kier alpha value is -2.64. The number of hydrogen-bond donors (Lipinski definition) is 0. The van der Waals surface area contributed by atoms with Crippen LogP contribution in [0.3, 0.4) is 0 Å². The molecule has 2 heterocycles. The molecule has 0 N–H and O–H groups in total. The van der Waals surface area contributed by atoms with Crippen LogP contribution in [0.1, 0.15) is 5.56 Å². The molecule has 118 valence electrons. The van der Waals surface area contributed by atoms with Crippen molar-refractivity contribution in [3.63, 3.8) is 0 Å². The van der Waals surface area contributed by atoms with Gasteiger partial charge in [-0.1, -0.05) is 36.4 Å². The highest BCUT2D eigenvalue weighted by atomic mass is 32.1. The van der Waals surface area contributed by atoms with Gasteiger partial charge < -0.3 is 4.42 Å². The van der Waals surface area contributed by atoms with E-state index in [-0.39, 0.29) is 5.84 Å². The third-order valence-electron chi connectivity index (χ3n) is 3.69. The van der Waals surface area contributed by atoms with Crippen LogP contribution in [-0.2, 0) is 0 Å². The Labute approximate surface area is 147 Å². The van der Waals surface area contributed by atoms with Crippen molar-refractivity contribution < 1.29 is 4.42 Å². The molecule has 5 nitrogen and oxygen atoms in total. The van der Waals surface area contributed by atoms with Crippen LogP contribution in [0.2, 0.25) is 0 Å². The average molecular weight is 352 g/mol. The number of hydrogen-bond acceptors (Lipinski definition) is 5. The van der Waals surface area contributed by atoms with E-state index >= 15 is 0 Å². The van der Waals surface area contributed by atoms with Gasteiger partial charge in [0.2, 0.25) is 15.4 Å². The Morgan fingerprint density at radius 1 is 0.958 bits per heavy atom. The fourth-order valence-electron chi connectivity index (χ4n) is 2.50. The second kappa shape index (κ2) is 5.77. The average Bonchev–Trinajstić information content (AvgIpc) is 3.01. The first kappa shape index (κ1) is 14.9. The molecule has 7 heteroatoms. The lowest BCUT2D eigenvalue weighted by Crippen LogP contribution is -2.08. The first-order valence-electron chi connectivity index (χ1n) is 7.29. The van der Waals surface area contributed by atoms with Crippen LogP contribution in [-0.4, -0.2) is 19.2 Å². The third-order valence-corrected chi connectivity index (χ3v) is 4.32. The molecule has 4 rings (SSSR count). The minimum absolute atomic E-state index is 0.286. The first-order valence-corrected chi connectivity index (χ1v) is 8.11. The Morgan fingerprint density at radius 2 is 1.67 bits per heavy atom. The van der Waals surface area contributed by atoms with Crippen molar-refractivity contribution in [1.82, 2.24) is 19.2 Å². The SMILES string of the molecule is Cc1ccccc1-n1c(=S)nc2oc(-c3ccccc3)nn2c1=S. The summed E-state index contributed by atoms with van der Waals surface area (Å²) in [4.78, 5) is 4.34. The number of benzene rings is 2. The maximum Gasteiger partial charge on any atom is 0.330 e. The summed E-state index contributed by atoms with van der Waals surface area (Å²) in [6.07, 6.45) is 0. The lowest BCUT2D eigenvalue weighted by molar-refractivity contribution is 0.596. The van der Waals surface area contributed by atoms with Gasteiger partial charge in [0.05, 0.1) is 5.69 Å². The van der Waals surface area contributed by atoms with Gasteiger partial charge in [-0.15, -0.1) is 5.10 Å². The van der Waals surface area contributed by atoms with Gasteiger partial charge in [-0.05, 0) is 55.1 Å². The number of para-hydroxylation sites is 1. The van der Waals surface area contributed by atoms with Crippen LogP contribution >= 0.6 is 24.4 Å². The minimum atomic E-state index is 0.286. The molecule has 0 bridgehead atoms. The zero-order chi connectivity index (χ0) is 16.7. The van der Waals surface area contributed by atoms with E-state index in [9.17, 15) is 0 Å². The van der Waals surface area contributed by atoms with Gasteiger partial charge in [0.15, 0.2) is 0 Å². The molecule has 0 spiro atoms. The monoisotopic (exact) mass is 352 g/mol. The van der Waals surface area contributed by atoms with E-state index in [2.05, 4.69) is 10.1 Å². The van der Waals surface area contributed by atoms with Gasteiger partial charge in [0.25, 0.3) is 0 Å². The molecule has 0 aliphatic heterocycles. The molecule has 0 fully saturated rings. The minimum Gasteiger partial charge on any atom is -0.403 e. The molecule has 0 aliphatic carbocycles. The molecule has 24 heavy (non-hydrogen) atoms. The topological polar surface area (TPSA) is 48.3 Å². The van der Waals surface area contributed by atoms with Crippen molar-refractivity contribution in [1.29, 1.82) is 0 Å². The number of fused-ring (bicyclic) bond motifs is 1. The molecule has 0 amide bonds. The van der Waals surface area contributed by atoms with E-state index in [0.29, 0.717) is 15.4 Å². The van der Waals surface area contributed by atoms with Gasteiger partial charge in [-0.3, -0.25) is 4.57 Å². The standard InChI is InChI=1S/C17H12N4OS2/c1-11-7-5-6-10-13(11)20-16(23)18-15-21(17(20)24)19-14(22-15)12-8-3-2-4-9-12/h2-10H,1H3. The number of rotatable bonds is 2. The van der Waals surface area contributed by atoms with E-state index in [1.807, 2.05) is 61.5 Å². The Kier molecular flexibility index (Phi) is 3.59. The fourth-order valence-corrected chi connectivity index (χ4v) is 3.13. The predicted octanol–water partition coefficient (Wildman–Crippen LogP) is 4.55. The molecule has 0 aliphatic rings. The highest BCUT2D eigenvalue weighted by molar-refractivity contribution is 7.72.